The molecule has 6 heteroatoms. The molecule has 0 aliphatic rings. The predicted molar refractivity (Wildman–Crippen MR) is 59.0 cm³/mol. The molecule has 0 saturated heterocycles. The molecule has 0 heterocycles. The third-order valence-corrected chi connectivity index (χ3v) is 2.15. The van der Waals surface area contributed by atoms with Crippen LogP contribution < -0.4 is 0 Å². The lowest BCUT2D eigenvalue weighted by molar-refractivity contribution is -0.160. The molecule has 0 fully saturated rings. The number of hydrogen-bond acceptors (Lipinski definition) is 4. The number of methoxy groups -OCH3 is 2. The second-order valence-electron chi connectivity index (χ2n) is 3.78. The summed E-state index contributed by atoms with van der Waals surface area (Å²) >= 11 is 0. The fourth-order valence-electron chi connectivity index (χ4n) is 1.22. The Balaban J connectivity index is 4.89. The van der Waals surface area contributed by atoms with Gasteiger partial charge in [-0.25, -0.2) is 0 Å². The lowest BCUT2D eigenvalue weighted by Gasteiger charge is -2.27. The highest BCUT2D eigenvalue weighted by Crippen LogP contribution is 2.08. The van der Waals surface area contributed by atoms with Crippen LogP contribution in [-0.2, 0) is 19.1 Å². The van der Waals surface area contributed by atoms with Crippen molar-refractivity contribution in [2.45, 2.75) is 12.2 Å². The summed E-state index contributed by atoms with van der Waals surface area (Å²) in [5.41, 5.74) is 0. The topological polar surface area (TPSA) is 59.1 Å². The molecule has 2 amide bonds. The second-order valence-corrected chi connectivity index (χ2v) is 3.78. The van der Waals surface area contributed by atoms with E-state index in [-0.39, 0.29) is 11.8 Å². The van der Waals surface area contributed by atoms with Gasteiger partial charge in [-0.2, -0.15) is 0 Å². The normalized spacial score (nSPS) is 14.1. The summed E-state index contributed by atoms with van der Waals surface area (Å²) in [4.78, 5) is 26.2. The van der Waals surface area contributed by atoms with E-state index in [1.165, 1.54) is 24.0 Å². The molecule has 94 valence electrons. The Labute approximate surface area is 96.1 Å². The van der Waals surface area contributed by atoms with Crippen LogP contribution in [0.2, 0.25) is 0 Å². The maximum absolute atomic E-state index is 11.8. The molecule has 0 aromatic rings. The van der Waals surface area contributed by atoms with Crippen LogP contribution >= 0.6 is 0 Å². The molecule has 0 aliphatic carbocycles. The average Bonchev–Trinajstić information content (AvgIpc) is 2.23. The number of likely N-dealkylation sites (N-methyl/N-ethyl adjacent to an activating group) is 2. The SMILES string of the molecule is CO[C@H](C(=O)N(C)C)[C@H](OC)C(=O)N(C)C. The van der Waals surface area contributed by atoms with Crippen LogP contribution in [0.3, 0.4) is 0 Å². The fraction of sp³-hybridized carbons (Fsp3) is 0.800. The largest absolute Gasteiger partial charge is 0.368 e. The molecule has 0 N–H and O–H groups in total. The van der Waals surface area contributed by atoms with Gasteiger partial charge in [0.15, 0.2) is 12.2 Å². The maximum Gasteiger partial charge on any atom is 0.254 e. The third kappa shape index (κ3) is 3.46. The Bertz CT molecular complexity index is 227. The van der Waals surface area contributed by atoms with Gasteiger partial charge < -0.3 is 19.3 Å². The minimum absolute atomic E-state index is 0.301. The molecule has 0 radical (unpaired) electrons. The van der Waals surface area contributed by atoms with Gasteiger partial charge >= 0.3 is 0 Å². The summed E-state index contributed by atoms with van der Waals surface area (Å²) in [6.45, 7) is 0. The van der Waals surface area contributed by atoms with Gasteiger partial charge in [0.25, 0.3) is 11.8 Å². The molecule has 0 aromatic carbocycles. The van der Waals surface area contributed by atoms with E-state index >= 15 is 0 Å². The van der Waals surface area contributed by atoms with E-state index < -0.39 is 12.2 Å². The highest BCUT2D eigenvalue weighted by Gasteiger charge is 2.35. The molecule has 0 aromatic heterocycles. The van der Waals surface area contributed by atoms with Gasteiger partial charge in [0.05, 0.1) is 0 Å². The molecule has 2 atom stereocenters. The minimum atomic E-state index is -0.921. The van der Waals surface area contributed by atoms with Gasteiger partial charge in [0.2, 0.25) is 0 Å². The van der Waals surface area contributed by atoms with Crippen molar-refractivity contribution in [3.05, 3.63) is 0 Å². The Kier molecular flexibility index (Phi) is 5.98. The number of carbonyl (C=O) groups is 2. The molecule has 0 spiro atoms. The van der Waals surface area contributed by atoms with Gasteiger partial charge in [-0.05, 0) is 0 Å². The molecular formula is C10H20N2O4. The third-order valence-electron chi connectivity index (χ3n) is 2.15. The zero-order chi connectivity index (χ0) is 12.9. The first-order valence-corrected chi connectivity index (χ1v) is 4.84. The summed E-state index contributed by atoms with van der Waals surface area (Å²) in [7, 11) is 9.15. The molecule has 6 nitrogen and oxygen atoms in total. The van der Waals surface area contributed by atoms with E-state index in [9.17, 15) is 9.59 Å². The van der Waals surface area contributed by atoms with Gasteiger partial charge in [-0.1, -0.05) is 0 Å². The van der Waals surface area contributed by atoms with Crippen LogP contribution in [0.4, 0.5) is 0 Å². The zero-order valence-corrected chi connectivity index (χ0v) is 10.7. The van der Waals surface area contributed by atoms with Crippen molar-refractivity contribution < 1.29 is 19.1 Å². The fourth-order valence-corrected chi connectivity index (χ4v) is 1.22. The zero-order valence-electron chi connectivity index (χ0n) is 10.7. The first-order chi connectivity index (χ1) is 7.36. The van der Waals surface area contributed by atoms with E-state index in [0.29, 0.717) is 0 Å². The van der Waals surface area contributed by atoms with E-state index in [1.807, 2.05) is 0 Å². The Morgan fingerprint density at radius 3 is 1.19 bits per heavy atom. The average molecular weight is 232 g/mol. The number of carbonyl (C=O) groups excluding carboxylic acids is 2. The summed E-state index contributed by atoms with van der Waals surface area (Å²) in [5, 5.41) is 0. The molecule has 0 rings (SSSR count). The first kappa shape index (κ1) is 14.9. The minimum Gasteiger partial charge on any atom is -0.368 e. The number of nitrogens with zero attached hydrogens (tertiary/aromatic N) is 2. The quantitative estimate of drug-likeness (QED) is 0.622. The molecule has 0 bridgehead atoms. The van der Waals surface area contributed by atoms with Gasteiger partial charge in [-0.3, -0.25) is 9.59 Å². The standard InChI is InChI=1S/C10H20N2O4/c1-11(2)9(13)7(15-5)8(16-6)10(14)12(3)4/h7-8H,1-6H3/t7-,8-/m0/s1. The summed E-state index contributed by atoms with van der Waals surface area (Å²) in [6, 6.07) is 0. The predicted octanol–water partition coefficient (Wildman–Crippen LogP) is -0.807. The van der Waals surface area contributed by atoms with Crippen molar-refractivity contribution >= 4 is 11.8 Å². The maximum atomic E-state index is 11.8. The smallest absolute Gasteiger partial charge is 0.254 e. The van der Waals surface area contributed by atoms with Crippen LogP contribution in [0, 0.1) is 0 Å². The number of amides is 2. The van der Waals surface area contributed by atoms with Crippen molar-refractivity contribution in [2.24, 2.45) is 0 Å². The summed E-state index contributed by atoms with van der Waals surface area (Å²) in [5.74, 6) is -0.603. The van der Waals surface area contributed by atoms with Crippen molar-refractivity contribution in [1.29, 1.82) is 0 Å². The second kappa shape index (κ2) is 6.44. The Morgan fingerprint density at radius 1 is 0.812 bits per heavy atom. The van der Waals surface area contributed by atoms with E-state index in [0.717, 1.165) is 0 Å². The summed E-state index contributed by atoms with van der Waals surface area (Å²) in [6.07, 6.45) is -1.84. The molecule has 0 saturated carbocycles. The highest BCUT2D eigenvalue weighted by molar-refractivity contribution is 5.90. The van der Waals surface area contributed by atoms with Crippen LogP contribution in [-0.4, -0.2) is 76.2 Å². The van der Waals surface area contributed by atoms with Crippen LogP contribution in [0.15, 0.2) is 0 Å². The molecule has 0 aliphatic heterocycles. The van der Waals surface area contributed by atoms with Crippen molar-refractivity contribution in [3.8, 4) is 0 Å². The van der Waals surface area contributed by atoms with Crippen molar-refractivity contribution in [3.63, 3.8) is 0 Å². The molecule has 0 unspecified atom stereocenters. The van der Waals surface area contributed by atoms with E-state index in [4.69, 9.17) is 9.47 Å². The molecular weight excluding hydrogens is 212 g/mol. The Morgan fingerprint density at radius 2 is 1.06 bits per heavy atom. The monoisotopic (exact) mass is 232 g/mol. The van der Waals surface area contributed by atoms with Gasteiger partial charge in [0.1, 0.15) is 0 Å². The number of rotatable bonds is 5. The first-order valence-electron chi connectivity index (χ1n) is 4.84. The van der Waals surface area contributed by atoms with Crippen LogP contribution in [0.25, 0.3) is 0 Å². The van der Waals surface area contributed by atoms with E-state index in [2.05, 4.69) is 0 Å². The van der Waals surface area contributed by atoms with Crippen LogP contribution in [0.1, 0.15) is 0 Å². The van der Waals surface area contributed by atoms with Crippen molar-refractivity contribution in [1.82, 2.24) is 9.80 Å². The lowest BCUT2D eigenvalue weighted by atomic mass is 10.1. The lowest BCUT2D eigenvalue weighted by Crippen LogP contribution is -2.50. The van der Waals surface area contributed by atoms with Gasteiger partial charge in [-0.15, -0.1) is 0 Å². The van der Waals surface area contributed by atoms with Crippen LogP contribution in [0.5, 0.6) is 0 Å². The number of ether oxygens (including phenoxy) is 2. The summed E-state index contributed by atoms with van der Waals surface area (Å²) < 4.78 is 10.1. The van der Waals surface area contributed by atoms with Crippen molar-refractivity contribution in [2.75, 3.05) is 42.4 Å². The highest BCUT2D eigenvalue weighted by atomic mass is 16.5. The molecule has 16 heavy (non-hydrogen) atoms. The Hall–Kier alpha value is -1.14. The van der Waals surface area contributed by atoms with Gasteiger partial charge in [0, 0.05) is 42.4 Å². The number of hydrogen-bond donors (Lipinski definition) is 0. The van der Waals surface area contributed by atoms with E-state index in [1.54, 1.807) is 28.2 Å².